The summed E-state index contributed by atoms with van der Waals surface area (Å²) in [5, 5.41) is 3.75. The molecule has 1 saturated heterocycles. The van der Waals surface area contributed by atoms with Crippen molar-refractivity contribution in [2.45, 2.75) is 19.4 Å². The summed E-state index contributed by atoms with van der Waals surface area (Å²) in [6.45, 7) is 2.59. The van der Waals surface area contributed by atoms with Crippen LogP contribution < -0.4 is 5.32 Å². The molecule has 3 aromatic rings. The molecule has 1 heterocycles. The molecule has 1 fully saturated rings. The molecule has 158 valence electrons. The second-order valence-electron chi connectivity index (χ2n) is 7.91. The molecule has 5 heteroatoms. The van der Waals surface area contributed by atoms with E-state index in [-0.39, 0.29) is 17.6 Å². The van der Waals surface area contributed by atoms with Crippen molar-refractivity contribution in [3.63, 3.8) is 0 Å². The fraction of sp³-hybridized carbons (Fsp3) is 0.231. The molecule has 0 spiro atoms. The molecule has 4 nitrogen and oxygen atoms in total. The van der Waals surface area contributed by atoms with Crippen LogP contribution in [0.4, 0.5) is 5.69 Å². The maximum atomic E-state index is 12.9. The Hall–Kier alpha value is -2.95. The molecule has 0 saturated carbocycles. The molecule has 0 radical (unpaired) electrons. The van der Waals surface area contributed by atoms with Gasteiger partial charge in [-0.2, -0.15) is 0 Å². The van der Waals surface area contributed by atoms with Crippen molar-refractivity contribution in [2.75, 3.05) is 18.4 Å². The first-order valence-electron chi connectivity index (χ1n) is 10.6. The van der Waals surface area contributed by atoms with E-state index in [1.165, 1.54) is 5.56 Å². The number of halogens is 1. The predicted molar refractivity (Wildman–Crippen MR) is 124 cm³/mol. The van der Waals surface area contributed by atoms with Gasteiger partial charge in [0.15, 0.2) is 5.78 Å². The monoisotopic (exact) mass is 432 g/mol. The number of hydrogen-bond acceptors (Lipinski definition) is 3. The van der Waals surface area contributed by atoms with Gasteiger partial charge in [-0.3, -0.25) is 14.5 Å². The number of likely N-dealkylation sites (tertiary alicyclic amines) is 1. The third-order valence-electron chi connectivity index (χ3n) is 5.74. The number of hydrogen-bond donors (Lipinski definition) is 1. The lowest BCUT2D eigenvalue weighted by Gasteiger charge is -2.31. The Morgan fingerprint density at radius 1 is 0.871 bits per heavy atom. The average Bonchev–Trinajstić information content (AvgIpc) is 2.81. The zero-order valence-electron chi connectivity index (χ0n) is 17.3. The van der Waals surface area contributed by atoms with E-state index in [4.69, 9.17) is 11.6 Å². The van der Waals surface area contributed by atoms with Crippen LogP contribution in [0.3, 0.4) is 0 Å². The van der Waals surface area contributed by atoms with Gasteiger partial charge in [-0.05, 0) is 55.8 Å². The van der Waals surface area contributed by atoms with E-state index in [9.17, 15) is 9.59 Å². The van der Waals surface area contributed by atoms with Gasteiger partial charge in [0.05, 0.1) is 5.69 Å². The second-order valence-corrected chi connectivity index (χ2v) is 8.34. The SMILES string of the molecule is O=C(c1ccccc1)c1ccccc1NC(=O)C1CCN(Cc2ccc(Cl)cc2)CC1. The van der Waals surface area contributed by atoms with Gasteiger partial charge in [-0.1, -0.05) is 66.2 Å². The molecule has 0 atom stereocenters. The molecular formula is C26H25ClN2O2. The lowest BCUT2D eigenvalue weighted by molar-refractivity contribution is -0.121. The van der Waals surface area contributed by atoms with Crippen LogP contribution in [0.25, 0.3) is 0 Å². The number of carbonyl (C=O) groups excluding carboxylic acids is 2. The standard InChI is InChI=1S/C26H25ClN2O2/c27-22-12-10-19(11-13-22)18-29-16-14-21(15-17-29)26(31)28-24-9-5-4-8-23(24)25(30)20-6-2-1-3-7-20/h1-13,21H,14-18H2,(H,28,31). The normalized spacial score (nSPS) is 14.9. The Bertz CT molecular complexity index is 1040. The lowest BCUT2D eigenvalue weighted by Crippen LogP contribution is -2.37. The number of nitrogens with zero attached hydrogens (tertiary/aromatic N) is 1. The largest absolute Gasteiger partial charge is 0.325 e. The van der Waals surface area contributed by atoms with Gasteiger partial charge in [0.25, 0.3) is 0 Å². The Morgan fingerprint density at radius 2 is 1.52 bits per heavy atom. The fourth-order valence-corrected chi connectivity index (χ4v) is 4.10. The highest BCUT2D eigenvalue weighted by Gasteiger charge is 2.26. The molecule has 0 aliphatic carbocycles. The summed E-state index contributed by atoms with van der Waals surface area (Å²) >= 11 is 5.96. The quantitative estimate of drug-likeness (QED) is 0.529. The number of nitrogens with one attached hydrogen (secondary N) is 1. The Balaban J connectivity index is 1.36. The summed E-state index contributed by atoms with van der Waals surface area (Å²) in [6.07, 6.45) is 1.60. The zero-order valence-corrected chi connectivity index (χ0v) is 18.0. The molecule has 0 aromatic heterocycles. The third kappa shape index (κ3) is 5.40. The van der Waals surface area contributed by atoms with Crippen LogP contribution in [-0.2, 0) is 11.3 Å². The lowest BCUT2D eigenvalue weighted by atomic mass is 9.95. The number of rotatable bonds is 6. The van der Waals surface area contributed by atoms with Gasteiger partial charge >= 0.3 is 0 Å². The molecule has 1 aliphatic heterocycles. The third-order valence-corrected chi connectivity index (χ3v) is 6.00. The number of para-hydroxylation sites is 1. The summed E-state index contributed by atoms with van der Waals surface area (Å²) in [7, 11) is 0. The zero-order chi connectivity index (χ0) is 21.6. The van der Waals surface area contributed by atoms with Crippen LogP contribution in [0.2, 0.25) is 5.02 Å². The van der Waals surface area contributed by atoms with Crippen LogP contribution in [-0.4, -0.2) is 29.7 Å². The van der Waals surface area contributed by atoms with Gasteiger partial charge < -0.3 is 5.32 Å². The average molecular weight is 433 g/mol. The predicted octanol–water partition coefficient (Wildman–Crippen LogP) is 5.42. The van der Waals surface area contributed by atoms with E-state index < -0.39 is 0 Å². The van der Waals surface area contributed by atoms with Crippen LogP contribution >= 0.6 is 11.6 Å². The highest BCUT2D eigenvalue weighted by molar-refractivity contribution is 6.30. The van der Waals surface area contributed by atoms with Crippen LogP contribution in [0.5, 0.6) is 0 Å². The molecule has 1 aliphatic rings. The number of anilines is 1. The highest BCUT2D eigenvalue weighted by Crippen LogP contribution is 2.24. The van der Waals surface area contributed by atoms with Crippen LogP contribution in [0.1, 0.15) is 34.3 Å². The number of piperidine rings is 1. The first-order chi connectivity index (χ1) is 15.1. The fourth-order valence-electron chi connectivity index (χ4n) is 3.97. The summed E-state index contributed by atoms with van der Waals surface area (Å²) < 4.78 is 0. The minimum atomic E-state index is -0.0886. The Kier molecular flexibility index (Phi) is 6.80. The van der Waals surface area contributed by atoms with E-state index in [0.717, 1.165) is 37.5 Å². The van der Waals surface area contributed by atoms with E-state index in [0.29, 0.717) is 16.8 Å². The highest BCUT2D eigenvalue weighted by atomic mass is 35.5. The topological polar surface area (TPSA) is 49.4 Å². The number of ketones is 1. The maximum Gasteiger partial charge on any atom is 0.227 e. The molecule has 1 N–H and O–H groups in total. The first kappa shape index (κ1) is 21.3. The van der Waals surface area contributed by atoms with Crippen molar-refractivity contribution in [1.29, 1.82) is 0 Å². The Morgan fingerprint density at radius 3 is 2.23 bits per heavy atom. The number of benzene rings is 3. The van der Waals surface area contributed by atoms with E-state index >= 15 is 0 Å². The minimum Gasteiger partial charge on any atom is -0.325 e. The van der Waals surface area contributed by atoms with Crippen molar-refractivity contribution >= 4 is 29.0 Å². The van der Waals surface area contributed by atoms with Crippen molar-refractivity contribution in [3.8, 4) is 0 Å². The summed E-state index contributed by atoms with van der Waals surface area (Å²) in [6, 6.07) is 24.3. The summed E-state index contributed by atoms with van der Waals surface area (Å²) in [5.41, 5.74) is 2.92. The van der Waals surface area contributed by atoms with Gasteiger partial charge in [0.2, 0.25) is 5.91 Å². The van der Waals surface area contributed by atoms with Crippen molar-refractivity contribution in [1.82, 2.24) is 4.90 Å². The van der Waals surface area contributed by atoms with Crippen LogP contribution in [0.15, 0.2) is 78.9 Å². The summed E-state index contributed by atoms with van der Waals surface area (Å²) in [5.74, 6) is -0.157. The van der Waals surface area contributed by atoms with Crippen molar-refractivity contribution in [3.05, 3.63) is 101 Å². The van der Waals surface area contributed by atoms with E-state index in [2.05, 4.69) is 10.2 Å². The van der Waals surface area contributed by atoms with Crippen LogP contribution in [0, 0.1) is 5.92 Å². The molecule has 3 aromatic carbocycles. The van der Waals surface area contributed by atoms with Crippen molar-refractivity contribution in [2.24, 2.45) is 5.92 Å². The van der Waals surface area contributed by atoms with Gasteiger partial charge in [0, 0.05) is 28.6 Å². The number of amides is 1. The van der Waals surface area contributed by atoms with E-state index in [1.54, 1.807) is 24.3 Å². The van der Waals surface area contributed by atoms with Gasteiger partial charge in [-0.25, -0.2) is 0 Å². The van der Waals surface area contributed by atoms with Gasteiger partial charge in [0.1, 0.15) is 0 Å². The summed E-state index contributed by atoms with van der Waals surface area (Å²) in [4.78, 5) is 28.2. The number of carbonyl (C=O) groups is 2. The maximum absolute atomic E-state index is 12.9. The Labute approximate surface area is 187 Å². The second kappa shape index (κ2) is 9.90. The molecule has 4 rings (SSSR count). The smallest absolute Gasteiger partial charge is 0.227 e. The molecule has 31 heavy (non-hydrogen) atoms. The molecule has 0 bridgehead atoms. The first-order valence-corrected chi connectivity index (χ1v) is 10.9. The molecular weight excluding hydrogens is 408 g/mol. The van der Waals surface area contributed by atoms with Gasteiger partial charge in [-0.15, -0.1) is 0 Å². The molecule has 1 amide bonds. The van der Waals surface area contributed by atoms with Crippen molar-refractivity contribution < 1.29 is 9.59 Å². The minimum absolute atomic E-state index is 0.0144. The van der Waals surface area contributed by atoms with E-state index in [1.807, 2.05) is 54.6 Å². The molecule has 0 unspecified atom stereocenters.